The lowest BCUT2D eigenvalue weighted by molar-refractivity contribution is 0.176. The first-order valence-corrected chi connectivity index (χ1v) is 6.55. The highest BCUT2D eigenvalue weighted by Gasteiger charge is 2.14. The maximum atomic E-state index is 5.02. The van der Waals surface area contributed by atoms with E-state index in [1.807, 2.05) is 0 Å². The molecule has 2 unspecified atom stereocenters. The molecule has 0 rings (SSSR count). The molecule has 2 atom stereocenters. The molecule has 0 bridgehead atoms. The third kappa shape index (κ3) is 7.20. The zero-order valence-corrected chi connectivity index (χ0v) is 11.8. The molecule has 0 saturated carbocycles. The standard InChI is InChI=1S/C13H30N2O/c1-6-8-12(2)15(4)13(3)11-14-9-7-10-16-5/h12-14H,6-11H2,1-5H3. The normalized spacial score (nSPS) is 15.4. The summed E-state index contributed by atoms with van der Waals surface area (Å²) >= 11 is 0. The summed E-state index contributed by atoms with van der Waals surface area (Å²) in [5.41, 5.74) is 0. The topological polar surface area (TPSA) is 24.5 Å². The summed E-state index contributed by atoms with van der Waals surface area (Å²) in [4.78, 5) is 2.47. The minimum atomic E-state index is 0.601. The molecule has 16 heavy (non-hydrogen) atoms. The highest BCUT2D eigenvalue weighted by Crippen LogP contribution is 2.07. The number of rotatable bonds is 10. The first-order chi connectivity index (χ1) is 7.63. The summed E-state index contributed by atoms with van der Waals surface area (Å²) in [7, 11) is 3.98. The molecule has 0 aliphatic heterocycles. The molecule has 0 radical (unpaired) electrons. The van der Waals surface area contributed by atoms with Gasteiger partial charge in [-0.05, 0) is 40.3 Å². The molecule has 0 aliphatic rings. The highest BCUT2D eigenvalue weighted by molar-refractivity contribution is 4.71. The molecular formula is C13H30N2O. The van der Waals surface area contributed by atoms with E-state index in [-0.39, 0.29) is 0 Å². The van der Waals surface area contributed by atoms with Gasteiger partial charge in [-0.2, -0.15) is 0 Å². The van der Waals surface area contributed by atoms with Crippen LogP contribution in [0.25, 0.3) is 0 Å². The Morgan fingerprint density at radius 1 is 1.25 bits per heavy atom. The Labute approximate surface area is 102 Å². The Balaban J connectivity index is 3.58. The van der Waals surface area contributed by atoms with Crippen molar-refractivity contribution in [3.05, 3.63) is 0 Å². The van der Waals surface area contributed by atoms with Crippen molar-refractivity contribution in [3.63, 3.8) is 0 Å². The molecule has 0 aliphatic carbocycles. The third-order valence-electron chi connectivity index (χ3n) is 3.24. The predicted octanol–water partition coefficient (Wildman–Crippen LogP) is 2.12. The molecule has 0 aromatic rings. The molecule has 3 nitrogen and oxygen atoms in total. The molecule has 0 spiro atoms. The Bertz CT molecular complexity index is 153. The van der Waals surface area contributed by atoms with Gasteiger partial charge in [0, 0.05) is 32.3 Å². The summed E-state index contributed by atoms with van der Waals surface area (Å²) in [5.74, 6) is 0. The Morgan fingerprint density at radius 2 is 1.94 bits per heavy atom. The average molecular weight is 230 g/mol. The van der Waals surface area contributed by atoms with Crippen molar-refractivity contribution in [2.75, 3.05) is 33.9 Å². The number of methoxy groups -OCH3 is 1. The van der Waals surface area contributed by atoms with Crippen molar-refractivity contribution >= 4 is 0 Å². The van der Waals surface area contributed by atoms with E-state index in [1.165, 1.54) is 12.8 Å². The summed E-state index contributed by atoms with van der Waals surface area (Å²) < 4.78 is 5.02. The maximum Gasteiger partial charge on any atom is 0.0474 e. The lowest BCUT2D eigenvalue weighted by Gasteiger charge is -2.31. The van der Waals surface area contributed by atoms with Gasteiger partial charge in [-0.25, -0.2) is 0 Å². The second kappa shape index (κ2) is 10.1. The molecular weight excluding hydrogens is 200 g/mol. The minimum absolute atomic E-state index is 0.601. The van der Waals surface area contributed by atoms with Crippen molar-refractivity contribution < 1.29 is 4.74 Å². The molecule has 0 fully saturated rings. The summed E-state index contributed by atoms with van der Waals surface area (Å²) in [5, 5.41) is 3.48. The van der Waals surface area contributed by atoms with Crippen molar-refractivity contribution in [1.82, 2.24) is 10.2 Å². The average Bonchev–Trinajstić information content (AvgIpc) is 2.27. The van der Waals surface area contributed by atoms with Gasteiger partial charge in [-0.15, -0.1) is 0 Å². The lowest BCUT2D eigenvalue weighted by atomic mass is 10.1. The Hall–Kier alpha value is -0.120. The summed E-state index contributed by atoms with van der Waals surface area (Å²) in [6.45, 7) is 9.81. The van der Waals surface area contributed by atoms with E-state index in [0.29, 0.717) is 12.1 Å². The first-order valence-electron chi connectivity index (χ1n) is 6.55. The van der Waals surface area contributed by atoms with Gasteiger partial charge >= 0.3 is 0 Å². The van der Waals surface area contributed by atoms with Crippen molar-refractivity contribution in [3.8, 4) is 0 Å². The van der Waals surface area contributed by atoms with Crippen LogP contribution in [0.1, 0.15) is 40.0 Å². The molecule has 0 aromatic carbocycles. The zero-order valence-electron chi connectivity index (χ0n) is 11.8. The van der Waals surface area contributed by atoms with Crippen LogP contribution in [0.4, 0.5) is 0 Å². The van der Waals surface area contributed by atoms with Crippen LogP contribution < -0.4 is 5.32 Å². The zero-order chi connectivity index (χ0) is 12.4. The molecule has 0 aromatic heterocycles. The SMILES string of the molecule is CCCC(C)N(C)C(C)CNCCCOC. The smallest absolute Gasteiger partial charge is 0.0474 e. The Morgan fingerprint density at radius 3 is 2.50 bits per heavy atom. The number of likely N-dealkylation sites (N-methyl/N-ethyl adjacent to an activating group) is 1. The maximum absolute atomic E-state index is 5.02. The van der Waals surface area contributed by atoms with Crippen LogP contribution >= 0.6 is 0 Å². The van der Waals surface area contributed by atoms with Gasteiger partial charge in [-0.1, -0.05) is 13.3 Å². The van der Waals surface area contributed by atoms with Crippen LogP contribution in [0.15, 0.2) is 0 Å². The second-order valence-electron chi connectivity index (χ2n) is 4.70. The fourth-order valence-electron chi connectivity index (χ4n) is 1.85. The van der Waals surface area contributed by atoms with E-state index >= 15 is 0 Å². The molecule has 0 heterocycles. The van der Waals surface area contributed by atoms with Crippen LogP contribution in [0.2, 0.25) is 0 Å². The van der Waals surface area contributed by atoms with Crippen LogP contribution in [0.5, 0.6) is 0 Å². The van der Waals surface area contributed by atoms with Gasteiger partial charge in [-0.3, -0.25) is 4.90 Å². The molecule has 0 saturated heterocycles. The third-order valence-corrected chi connectivity index (χ3v) is 3.24. The van der Waals surface area contributed by atoms with E-state index in [1.54, 1.807) is 7.11 Å². The number of nitrogens with one attached hydrogen (secondary N) is 1. The number of ether oxygens (including phenoxy) is 1. The first kappa shape index (κ1) is 15.9. The monoisotopic (exact) mass is 230 g/mol. The van der Waals surface area contributed by atoms with Crippen molar-refractivity contribution in [2.45, 2.75) is 52.1 Å². The molecule has 3 heteroatoms. The van der Waals surface area contributed by atoms with Crippen LogP contribution in [0, 0.1) is 0 Å². The molecule has 98 valence electrons. The predicted molar refractivity (Wildman–Crippen MR) is 71.0 cm³/mol. The van der Waals surface area contributed by atoms with E-state index in [9.17, 15) is 0 Å². The number of nitrogens with zero attached hydrogens (tertiary/aromatic N) is 1. The van der Waals surface area contributed by atoms with Crippen molar-refractivity contribution in [1.29, 1.82) is 0 Å². The van der Waals surface area contributed by atoms with Gasteiger partial charge in [0.2, 0.25) is 0 Å². The van der Waals surface area contributed by atoms with Gasteiger partial charge in [0.15, 0.2) is 0 Å². The van der Waals surface area contributed by atoms with Gasteiger partial charge in [0.25, 0.3) is 0 Å². The highest BCUT2D eigenvalue weighted by atomic mass is 16.5. The number of hydrogen-bond acceptors (Lipinski definition) is 3. The van der Waals surface area contributed by atoms with Gasteiger partial charge < -0.3 is 10.1 Å². The van der Waals surface area contributed by atoms with E-state index in [4.69, 9.17) is 4.74 Å². The fourth-order valence-corrected chi connectivity index (χ4v) is 1.85. The van der Waals surface area contributed by atoms with Gasteiger partial charge in [0.05, 0.1) is 0 Å². The minimum Gasteiger partial charge on any atom is -0.385 e. The fraction of sp³-hybridized carbons (Fsp3) is 1.00. The van der Waals surface area contributed by atoms with E-state index < -0.39 is 0 Å². The lowest BCUT2D eigenvalue weighted by Crippen LogP contribution is -2.42. The van der Waals surface area contributed by atoms with E-state index in [2.05, 4.69) is 38.0 Å². The molecule has 0 amide bonds. The largest absolute Gasteiger partial charge is 0.385 e. The van der Waals surface area contributed by atoms with Crippen LogP contribution in [-0.4, -0.2) is 50.8 Å². The van der Waals surface area contributed by atoms with Crippen LogP contribution in [-0.2, 0) is 4.74 Å². The quantitative estimate of drug-likeness (QED) is 0.582. The number of hydrogen-bond donors (Lipinski definition) is 1. The molecule has 1 N–H and O–H groups in total. The van der Waals surface area contributed by atoms with Gasteiger partial charge in [0.1, 0.15) is 0 Å². The second-order valence-corrected chi connectivity index (χ2v) is 4.70. The summed E-state index contributed by atoms with van der Waals surface area (Å²) in [6, 6.07) is 1.28. The van der Waals surface area contributed by atoms with Crippen molar-refractivity contribution in [2.24, 2.45) is 0 Å². The van der Waals surface area contributed by atoms with E-state index in [0.717, 1.165) is 26.1 Å². The summed E-state index contributed by atoms with van der Waals surface area (Å²) in [6.07, 6.45) is 3.64. The van der Waals surface area contributed by atoms with Crippen LogP contribution in [0.3, 0.4) is 0 Å². The Kier molecular flexibility index (Phi) is 9.99.